The van der Waals surface area contributed by atoms with E-state index in [4.69, 9.17) is 4.52 Å². The SMILES string of the molecule is CC(C(=O)NCCc1nc(-c2ccccn2)no1)N1CCc2ccccc2C1. The molecule has 1 aliphatic heterocycles. The summed E-state index contributed by atoms with van der Waals surface area (Å²) < 4.78 is 5.25. The first-order chi connectivity index (χ1) is 13.7. The standard InChI is InChI=1S/C21H23N5O2/c1-15(26-13-10-16-6-2-3-7-17(16)14-26)21(27)23-12-9-19-24-20(25-28-19)18-8-4-5-11-22-18/h2-8,11,15H,9-10,12-14H2,1H3,(H,23,27). The smallest absolute Gasteiger partial charge is 0.237 e. The zero-order valence-electron chi connectivity index (χ0n) is 15.8. The lowest BCUT2D eigenvalue weighted by molar-refractivity contribution is -0.126. The first-order valence-electron chi connectivity index (χ1n) is 9.53. The summed E-state index contributed by atoms with van der Waals surface area (Å²) in [7, 11) is 0. The second-order valence-corrected chi connectivity index (χ2v) is 6.93. The third-order valence-electron chi connectivity index (χ3n) is 5.09. The van der Waals surface area contributed by atoms with Gasteiger partial charge in [-0.05, 0) is 36.6 Å². The van der Waals surface area contributed by atoms with Gasteiger partial charge >= 0.3 is 0 Å². The summed E-state index contributed by atoms with van der Waals surface area (Å²) in [4.78, 5) is 23.3. The summed E-state index contributed by atoms with van der Waals surface area (Å²) in [5, 5.41) is 6.92. The molecule has 0 bridgehead atoms. The molecule has 3 heterocycles. The summed E-state index contributed by atoms with van der Waals surface area (Å²) >= 11 is 0. The second-order valence-electron chi connectivity index (χ2n) is 6.93. The van der Waals surface area contributed by atoms with Crippen LogP contribution in [-0.2, 0) is 24.2 Å². The number of fused-ring (bicyclic) bond motifs is 1. The first kappa shape index (κ1) is 18.3. The molecule has 1 aliphatic rings. The molecule has 4 rings (SSSR count). The highest BCUT2D eigenvalue weighted by atomic mass is 16.5. The molecule has 0 radical (unpaired) electrons. The molecule has 0 fully saturated rings. The monoisotopic (exact) mass is 377 g/mol. The number of hydrogen-bond acceptors (Lipinski definition) is 6. The summed E-state index contributed by atoms with van der Waals surface area (Å²) in [6.07, 6.45) is 3.15. The van der Waals surface area contributed by atoms with Gasteiger partial charge in [0.1, 0.15) is 5.69 Å². The molecule has 1 unspecified atom stereocenters. The van der Waals surface area contributed by atoms with Gasteiger partial charge in [-0.15, -0.1) is 0 Å². The molecule has 0 saturated heterocycles. The molecule has 0 saturated carbocycles. The Balaban J connectivity index is 1.27. The highest BCUT2D eigenvalue weighted by Crippen LogP contribution is 2.20. The van der Waals surface area contributed by atoms with Crippen LogP contribution in [0.2, 0.25) is 0 Å². The van der Waals surface area contributed by atoms with Crippen LogP contribution in [0.15, 0.2) is 53.2 Å². The van der Waals surface area contributed by atoms with Crippen LogP contribution >= 0.6 is 0 Å². The number of rotatable bonds is 6. The molecule has 7 nitrogen and oxygen atoms in total. The predicted octanol–water partition coefficient (Wildman–Crippen LogP) is 2.24. The Morgan fingerprint density at radius 3 is 2.86 bits per heavy atom. The van der Waals surface area contributed by atoms with Crippen molar-refractivity contribution in [3.8, 4) is 11.5 Å². The third-order valence-corrected chi connectivity index (χ3v) is 5.09. The van der Waals surface area contributed by atoms with Crippen molar-refractivity contribution in [1.29, 1.82) is 0 Å². The van der Waals surface area contributed by atoms with Gasteiger partial charge < -0.3 is 9.84 Å². The Hall–Kier alpha value is -3.06. The lowest BCUT2D eigenvalue weighted by atomic mass is 9.99. The minimum absolute atomic E-state index is 0.0174. The molecule has 1 amide bonds. The number of carbonyl (C=O) groups excluding carboxylic acids is 1. The maximum Gasteiger partial charge on any atom is 0.237 e. The summed E-state index contributed by atoms with van der Waals surface area (Å²) in [5.74, 6) is 0.964. The zero-order valence-corrected chi connectivity index (χ0v) is 15.8. The molecular formula is C21H23N5O2. The number of hydrogen-bond donors (Lipinski definition) is 1. The maximum absolute atomic E-state index is 12.5. The van der Waals surface area contributed by atoms with E-state index in [0.29, 0.717) is 30.4 Å². The third kappa shape index (κ3) is 4.09. The fourth-order valence-corrected chi connectivity index (χ4v) is 3.41. The van der Waals surface area contributed by atoms with E-state index in [-0.39, 0.29) is 11.9 Å². The van der Waals surface area contributed by atoms with Crippen LogP contribution in [-0.4, -0.2) is 45.1 Å². The number of aromatic nitrogens is 3. The molecule has 0 aliphatic carbocycles. The Bertz CT molecular complexity index is 941. The van der Waals surface area contributed by atoms with E-state index in [1.54, 1.807) is 6.20 Å². The van der Waals surface area contributed by atoms with Crippen LogP contribution in [0, 0.1) is 0 Å². The lowest BCUT2D eigenvalue weighted by Gasteiger charge is -2.32. The van der Waals surface area contributed by atoms with E-state index >= 15 is 0 Å². The van der Waals surface area contributed by atoms with Crippen molar-refractivity contribution in [2.75, 3.05) is 13.1 Å². The first-order valence-corrected chi connectivity index (χ1v) is 9.53. The van der Waals surface area contributed by atoms with Crippen molar-refractivity contribution in [2.24, 2.45) is 0 Å². The van der Waals surface area contributed by atoms with Gasteiger partial charge in [-0.2, -0.15) is 4.98 Å². The van der Waals surface area contributed by atoms with Crippen LogP contribution in [0.25, 0.3) is 11.5 Å². The molecular weight excluding hydrogens is 354 g/mol. The summed E-state index contributed by atoms with van der Waals surface area (Å²) in [6.45, 7) is 4.11. The molecule has 7 heteroatoms. The Kier molecular flexibility index (Phi) is 5.43. The fourth-order valence-electron chi connectivity index (χ4n) is 3.41. The van der Waals surface area contributed by atoms with Gasteiger partial charge in [0, 0.05) is 32.3 Å². The van der Waals surface area contributed by atoms with E-state index in [2.05, 4.69) is 49.6 Å². The predicted molar refractivity (Wildman–Crippen MR) is 104 cm³/mol. The molecule has 0 spiro atoms. The lowest BCUT2D eigenvalue weighted by Crippen LogP contribution is -2.47. The normalized spacial score (nSPS) is 15.0. The van der Waals surface area contributed by atoms with Crippen molar-refractivity contribution in [3.63, 3.8) is 0 Å². The van der Waals surface area contributed by atoms with Crippen molar-refractivity contribution in [3.05, 3.63) is 65.7 Å². The Morgan fingerprint density at radius 1 is 1.21 bits per heavy atom. The van der Waals surface area contributed by atoms with Crippen LogP contribution < -0.4 is 5.32 Å². The average molecular weight is 377 g/mol. The van der Waals surface area contributed by atoms with Crippen molar-refractivity contribution >= 4 is 5.91 Å². The van der Waals surface area contributed by atoms with Gasteiger partial charge in [-0.3, -0.25) is 14.7 Å². The maximum atomic E-state index is 12.5. The molecule has 28 heavy (non-hydrogen) atoms. The van der Waals surface area contributed by atoms with Gasteiger partial charge in [0.25, 0.3) is 0 Å². The highest BCUT2D eigenvalue weighted by Gasteiger charge is 2.25. The summed E-state index contributed by atoms with van der Waals surface area (Å²) in [5.41, 5.74) is 3.35. The van der Waals surface area contributed by atoms with Crippen LogP contribution in [0.5, 0.6) is 0 Å². The van der Waals surface area contributed by atoms with Gasteiger partial charge in [-0.25, -0.2) is 0 Å². The zero-order chi connectivity index (χ0) is 19.3. The second kappa shape index (κ2) is 8.31. The van der Waals surface area contributed by atoms with E-state index < -0.39 is 0 Å². The molecule has 3 aromatic rings. The Labute approximate surface area is 163 Å². The average Bonchev–Trinajstić information content (AvgIpc) is 3.22. The fraction of sp³-hybridized carbons (Fsp3) is 0.333. The summed E-state index contributed by atoms with van der Waals surface area (Å²) in [6, 6.07) is 13.8. The van der Waals surface area contributed by atoms with Crippen LogP contribution in [0.1, 0.15) is 23.9 Å². The minimum Gasteiger partial charge on any atom is -0.354 e. The number of nitrogens with one attached hydrogen (secondary N) is 1. The topological polar surface area (TPSA) is 84.2 Å². The van der Waals surface area contributed by atoms with Crippen molar-refractivity contribution < 1.29 is 9.32 Å². The number of benzene rings is 1. The van der Waals surface area contributed by atoms with Gasteiger partial charge in [0.15, 0.2) is 0 Å². The van der Waals surface area contributed by atoms with Crippen LogP contribution in [0.3, 0.4) is 0 Å². The number of carbonyl (C=O) groups is 1. The number of pyridine rings is 1. The van der Waals surface area contributed by atoms with Crippen LogP contribution in [0.4, 0.5) is 0 Å². The van der Waals surface area contributed by atoms with Gasteiger partial charge in [0.05, 0.1) is 6.04 Å². The van der Waals surface area contributed by atoms with E-state index in [1.165, 1.54) is 11.1 Å². The largest absolute Gasteiger partial charge is 0.354 e. The van der Waals surface area contributed by atoms with Crippen molar-refractivity contribution in [2.45, 2.75) is 32.4 Å². The molecule has 2 aromatic heterocycles. The van der Waals surface area contributed by atoms with Gasteiger partial charge in [-0.1, -0.05) is 35.5 Å². The number of nitrogens with zero attached hydrogens (tertiary/aromatic N) is 4. The molecule has 1 aromatic carbocycles. The minimum atomic E-state index is -0.180. The van der Waals surface area contributed by atoms with Gasteiger partial charge in [0.2, 0.25) is 17.6 Å². The van der Waals surface area contributed by atoms with E-state index in [1.807, 2.05) is 25.1 Å². The van der Waals surface area contributed by atoms with Crippen molar-refractivity contribution in [1.82, 2.24) is 25.3 Å². The molecule has 1 atom stereocenters. The highest BCUT2D eigenvalue weighted by molar-refractivity contribution is 5.81. The number of amides is 1. The van der Waals surface area contributed by atoms with E-state index in [9.17, 15) is 4.79 Å². The molecule has 1 N–H and O–H groups in total. The van der Waals surface area contributed by atoms with E-state index in [0.717, 1.165) is 19.5 Å². The quantitative estimate of drug-likeness (QED) is 0.709. The molecule has 144 valence electrons. The Morgan fingerprint density at radius 2 is 2.04 bits per heavy atom.